The summed E-state index contributed by atoms with van der Waals surface area (Å²) in [6.45, 7) is 4.09. The molecule has 4 nitrogen and oxygen atoms in total. The predicted molar refractivity (Wildman–Crippen MR) is 74.7 cm³/mol. The molecule has 0 bridgehead atoms. The van der Waals surface area contributed by atoms with Gasteiger partial charge in [-0.15, -0.1) is 0 Å². The Bertz CT molecular complexity index is 463. The number of carboxylic acid groups (broad SMARTS) is 1. The third-order valence-electron chi connectivity index (χ3n) is 2.63. The molecule has 4 heteroatoms. The first-order valence-corrected chi connectivity index (χ1v) is 6.28. The van der Waals surface area contributed by atoms with Gasteiger partial charge in [-0.05, 0) is 25.0 Å². The first kappa shape index (κ1) is 15.0. The van der Waals surface area contributed by atoms with Crippen molar-refractivity contribution in [2.45, 2.75) is 20.3 Å². The van der Waals surface area contributed by atoms with Crippen LogP contribution in [0.5, 0.6) is 0 Å². The third-order valence-corrected chi connectivity index (χ3v) is 2.63. The SMILES string of the molecule is CCCN(CC(=O)O)C(=O)/C=C/c1ccc(C)cc1. The van der Waals surface area contributed by atoms with Crippen LogP contribution in [0.25, 0.3) is 6.08 Å². The van der Waals surface area contributed by atoms with E-state index in [1.54, 1.807) is 6.08 Å². The number of carboxylic acids is 1. The van der Waals surface area contributed by atoms with Gasteiger partial charge in [-0.3, -0.25) is 9.59 Å². The number of nitrogens with zero attached hydrogens (tertiary/aromatic N) is 1. The molecule has 1 aromatic rings. The molecular formula is C15H19NO3. The molecule has 0 aliphatic rings. The van der Waals surface area contributed by atoms with Crippen molar-refractivity contribution in [3.05, 3.63) is 41.5 Å². The van der Waals surface area contributed by atoms with Crippen LogP contribution in [0.15, 0.2) is 30.3 Å². The van der Waals surface area contributed by atoms with Gasteiger partial charge in [-0.2, -0.15) is 0 Å². The van der Waals surface area contributed by atoms with Crippen LogP contribution >= 0.6 is 0 Å². The molecule has 0 heterocycles. The largest absolute Gasteiger partial charge is 0.480 e. The van der Waals surface area contributed by atoms with Crippen LogP contribution < -0.4 is 0 Å². The fourth-order valence-electron chi connectivity index (χ4n) is 1.65. The summed E-state index contributed by atoms with van der Waals surface area (Å²) in [5.41, 5.74) is 2.08. The normalized spacial score (nSPS) is 10.6. The maximum Gasteiger partial charge on any atom is 0.323 e. The quantitative estimate of drug-likeness (QED) is 0.800. The third kappa shape index (κ3) is 5.38. The second kappa shape index (κ2) is 7.36. The molecule has 0 radical (unpaired) electrons. The molecular weight excluding hydrogens is 242 g/mol. The Morgan fingerprint density at radius 3 is 2.42 bits per heavy atom. The minimum atomic E-state index is -0.995. The number of aliphatic carboxylic acids is 1. The summed E-state index contributed by atoms with van der Waals surface area (Å²) in [6, 6.07) is 7.76. The van der Waals surface area contributed by atoms with Crippen molar-refractivity contribution in [1.82, 2.24) is 4.90 Å². The lowest BCUT2D eigenvalue weighted by molar-refractivity contribution is -0.142. The van der Waals surface area contributed by atoms with E-state index in [-0.39, 0.29) is 12.5 Å². The zero-order chi connectivity index (χ0) is 14.3. The van der Waals surface area contributed by atoms with Crippen LogP contribution in [0.2, 0.25) is 0 Å². The highest BCUT2D eigenvalue weighted by molar-refractivity contribution is 5.93. The van der Waals surface area contributed by atoms with E-state index in [0.29, 0.717) is 6.54 Å². The topological polar surface area (TPSA) is 57.6 Å². The standard InChI is InChI=1S/C15H19NO3/c1-3-10-16(11-15(18)19)14(17)9-8-13-6-4-12(2)5-7-13/h4-9H,3,10-11H2,1-2H3,(H,18,19)/b9-8+. The van der Waals surface area contributed by atoms with Crippen LogP contribution in [-0.2, 0) is 9.59 Å². The van der Waals surface area contributed by atoms with E-state index in [1.165, 1.54) is 11.0 Å². The van der Waals surface area contributed by atoms with Gasteiger partial charge >= 0.3 is 5.97 Å². The Labute approximate surface area is 113 Å². The summed E-state index contributed by atoms with van der Waals surface area (Å²) in [4.78, 5) is 23.9. The van der Waals surface area contributed by atoms with E-state index in [4.69, 9.17) is 5.11 Å². The number of hydrogen-bond acceptors (Lipinski definition) is 2. The highest BCUT2D eigenvalue weighted by Crippen LogP contribution is 2.05. The van der Waals surface area contributed by atoms with Crippen molar-refractivity contribution in [2.75, 3.05) is 13.1 Å². The number of rotatable bonds is 6. The molecule has 0 aliphatic heterocycles. The molecule has 0 fully saturated rings. The van der Waals surface area contributed by atoms with Gasteiger partial charge in [0, 0.05) is 12.6 Å². The summed E-state index contributed by atoms with van der Waals surface area (Å²) in [5.74, 6) is -1.27. The van der Waals surface area contributed by atoms with Crippen LogP contribution in [0, 0.1) is 6.92 Å². The minimum Gasteiger partial charge on any atom is -0.480 e. The molecule has 19 heavy (non-hydrogen) atoms. The number of carbonyl (C=O) groups is 2. The van der Waals surface area contributed by atoms with Gasteiger partial charge in [0.05, 0.1) is 0 Å². The second-order valence-electron chi connectivity index (χ2n) is 4.40. The summed E-state index contributed by atoms with van der Waals surface area (Å²) in [6.07, 6.45) is 3.85. The summed E-state index contributed by atoms with van der Waals surface area (Å²) in [5, 5.41) is 8.76. The lowest BCUT2D eigenvalue weighted by Gasteiger charge is -2.17. The van der Waals surface area contributed by atoms with Crippen LogP contribution in [-0.4, -0.2) is 35.0 Å². The Kier molecular flexibility index (Phi) is 5.79. The van der Waals surface area contributed by atoms with E-state index < -0.39 is 5.97 Å². The van der Waals surface area contributed by atoms with E-state index in [9.17, 15) is 9.59 Å². The van der Waals surface area contributed by atoms with Crippen LogP contribution in [0.1, 0.15) is 24.5 Å². The molecule has 0 aliphatic carbocycles. The fourth-order valence-corrected chi connectivity index (χ4v) is 1.65. The molecule has 1 amide bonds. The molecule has 0 saturated heterocycles. The van der Waals surface area contributed by atoms with E-state index in [0.717, 1.165) is 17.5 Å². The molecule has 1 N–H and O–H groups in total. The molecule has 0 aromatic heterocycles. The summed E-state index contributed by atoms with van der Waals surface area (Å²) in [7, 11) is 0. The van der Waals surface area contributed by atoms with Gasteiger partial charge in [0.15, 0.2) is 0 Å². The number of benzene rings is 1. The number of carbonyl (C=O) groups excluding carboxylic acids is 1. The summed E-state index contributed by atoms with van der Waals surface area (Å²) < 4.78 is 0. The molecule has 0 atom stereocenters. The minimum absolute atomic E-state index is 0.259. The average molecular weight is 261 g/mol. The van der Waals surface area contributed by atoms with Crippen molar-refractivity contribution in [1.29, 1.82) is 0 Å². The number of hydrogen-bond donors (Lipinski definition) is 1. The van der Waals surface area contributed by atoms with E-state index in [1.807, 2.05) is 38.1 Å². The Hall–Kier alpha value is -2.10. The molecule has 102 valence electrons. The molecule has 1 rings (SSSR count). The van der Waals surface area contributed by atoms with Crippen molar-refractivity contribution in [3.63, 3.8) is 0 Å². The first-order valence-electron chi connectivity index (χ1n) is 6.28. The summed E-state index contributed by atoms with van der Waals surface area (Å²) >= 11 is 0. The van der Waals surface area contributed by atoms with Gasteiger partial charge in [0.1, 0.15) is 6.54 Å². The van der Waals surface area contributed by atoms with E-state index >= 15 is 0 Å². The zero-order valence-electron chi connectivity index (χ0n) is 11.3. The highest BCUT2D eigenvalue weighted by atomic mass is 16.4. The maximum atomic E-state index is 11.9. The van der Waals surface area contributed by atoms with Gasteiger partial charge < -0.3 is 10.0 Å². The van der Waals surface area contributed by atoms with Gasteiger partial charge in [0.25, 0.3) is 0 Å². The Morgan fingerprint density at radius 1 is 1.26 bits per heavy atom. The lowest BCUT2D eigenvalue weighted by atomic mass is 10.1. The number of amides is 1. The number of aryl methyl sites for hydroxylation is 1. The lowest BCUT2D eigenvalue weighted by Crippen LogP contribution is -2.35. The van der Waals surface area contributed by atoms with Crippen molar-refractivity contribution in [3.8, 4) is 0 Å². The molecule has 0 unspecified atom stereocenters. The smallest absolute Gasteiger partial charge is 0.323 e. The van der Waals surface area contributed by atoms with Crippen molar-refractivity contribution < 1.29 is 14.7 Å². The van der Waals surface area contributed by atoms with Gasteiger partial charge in [-0.25, -0.2) is 0 Å². The van der Waals surface area contributed by atoms with E-state index in [2.05, 4.69) is 0 Å². The molecule has 1 aromatic carbocycles. The van der Waals surface area contributed by atoms with Gasteiger partial charge in [-0.1, -0.05) is 36.8 Å². The van der Waals surface area contributed by atoms with Gasteiger partial charge in [0.2, 0.25) is 5.91 Å². The first-order chi connectivity index (χ1) is 9.02. The fraction of sp³-hybridized carbons (Fsp3) is 0.333. The monoisotopic (exact) mass is 261 g/mol. The van der Waals surface area contributed by atoms with Crippen molar-refractivity contribution >= 4 is 18.0 Å². The van der Waals surface area contributed by atoms with Crippen molar-refractivity contribution in [2.24, 2.45) is 0 Å². The Balaban J connectivity index is 2.69. The molecule has 0 saturated carbocycles. The van der Waals surface area contributed by atoms with Crippen LogP contribution in [0.4, 0.5) is 0 Å². The Morgan fingerprint density at radius 2 is 1.89 bits per heavy atom. The highest BCUT2D eigenvalue weighted by Gasteiger charge is 2.12. The molecule has 0 spiro atoms. The predicted octanol–water partition coefficient (Wildman–Crippen LogP) is 2.33. The maximum absolute atomic E-state index is 11.9. The second-order valence-corrected chi connectivity index (χ2v) is 4.40. The average Bonchev–Trinajstić information content (AvgIpc) is 2.37. The zero-order valence-corrected chi connectivity index (χ0v) is 11.3. The van der Waals surface area contributed by atoms with Crippen LogP contribution in [0.3, 0.4) is 0 Å².